The Morgan fingerprint density at radius 1 is 1.22 bits per heavy atom. The lowest BCUT2D eigenvalue weighted by molar-refractivity contribution is -0.121. The van der Waals surface area contributed by atoms with E-state index in [9.17, 15) is 9.59 Å². The molecule has 0 radical (unpaired) electrons. The molecule has 23 heavy (non-hydrogen) atoms. The number of carbonyl (C=O) groups is 2. The Morgan fingerprint density at radius 3 is 2.83 bits per heavy atom. The molecular weight excluding hydrogens is 308 g/mol. The lowest BCUT2D eigenvalue weighted by atomic mass is 10.0. The Balaban J connectivity index is 1.75. The molecule has 1 aliphatic heterocycles. The molecule has 2 aromatic rings. The SMILES string of the molecule is Cc1cccc(NC(=O)C2CCCCN2C(=O)c2cccs2)c1. The summed E-state index contributed by atoms with van der Waals surface area (Å²) in [6, 6.07) is 11.0. The van der Waals surface area contributed by atoms with E-state index >= 15 is 0 Å². The first-order valence-corrected chi connectivity index (χ1v) is 8.75. The summed E-state index contributed by atoms with van der Waals surface area (Å²) >= 11 is 1.42. The van der Waals surface area contributed by atoms with Crippen molar-refractivity contribution < 1.29 is 9.59 Å². The minimum absolute atomic E-state index is 0.0379. The van der Waals surface area contributed by atoms with Crippen LogP contribution >= 0.6 is 11.3 Å². The van der Waals surface area contributed by atoms with Crippen molar-refractivity contribution in [3.8, 4) is 0 Å². The van der Waals surface area contributed by atoms with Crippen LogP contribution in [0.2, 0.25) is 0 Å². The summed E-state index contributed by atoms with van der Waals surface area (Å²) in [7, 11) is 0. The molecule has 1 atom stereocenters. The Hall–Kier alpha value is -2.14. The fourth-order valence-corrected chi connectivity index (χ4v) is 3.62. The van der Waals surface area contributed by atoms with Crippen LogP contribution in [0.15, 0.2) is 41.8 Å². The number of rotatable bonds is 3. The van der Waals surface area contributed by atoms with Gasteiger partial charge in [-0.3, -0.25) is 9.59 Å². The summed E-state index contributed by atoms with van der Waals surface area (Å²) in [4.78, 5) is 27.7. The topological polar surface area (TPSA) is 49.4 Å². The van der Waals surface area contributed by atoms with Crippen molar-refractivity contribution in [2.45, 2.75) is 32.2 Å². The van der Waals surface area contributed by atoms with Crippen LogP contribution in [0.3, 0.4) is 0 Å². The zero-order chi connectivity index (χ0) is 16.2. The van der Waals surface area contributed by atoms with Gasteiger partial charge in [0.15, 0.2) is 0 Å². The van der Waals surface area contributed by atoms with Crippen molar-refractivity contribution in [3.05, 3.63) is 52.2 Å². The molecule has 5 heteroatoms. The van der Waals surface area contributed by atoms with Crippen LogP contribution < -0.4 is 5.32 Å². The molecule has 0 spiro atoms. The number of nitrogens with one attached hydrogen (secondary N) is 1. The highest BCUT2D eigenvalue weighted by Gasteiger charge is 2.33. The highest BCUT2D eigenvalue weighted by atomic mass is 32.1. The van der Waals surface area contributed by atoms with Crippen LogP contribution in [0.4, 0.5) is 5.69 Å². The molecule has 0 aliphatic carbocycles. The van der Waals surface area contributed by atoms with Crippen molar-refractivity contribution in [2.75, 3.05) is 11.9 Å². The largest absolute Gasteiger partial charge is 0.326 e. The molecule has 3 rings (SSSR count). The summed E-state index contributed by atoms with van der Waals surface area (Å²) < 4.78 is 0. The maximum atomic E-state index is 12.7. The van der Waals surface area contributed by atoms with Crippen LogP contribution in [0, 0.1) is 6.92 Å². The van der Waals surface area contributed by atoms with Crippen molar-refractivity contribution >= 4 is 28.8 Å². The summed E-state index contributed by atoms with van der Waals surface area (Å²) in [5, 5.41) is 4.84. The summed E-state index contributed by atoms with van der Waals surface area (Å²) in [5.74, 6) is -0.135. The molecule has 0 saturated carbocycles. The number of hydrogen-bond donors (Lipinski definition) is 1. The molecule has 1 fully saturated rings. The Morgan fingerprint density at radius 2 is 2.09 bits per heavy atom. The zero-order valence-corrected chi connectivity index (χ0v) is 13.9. The summed E-state index contributed by atoms with van der Waals surface area (Å²) in [6.45, 7) is 2.63. The number of amides is 2. The van der Waals surface area contributed by atoms with Crippen LogP contribution in [0.5, 0.6) is 0 Å². The van der Waals surface area contributed by atoms with Gasteiger partial charge in [0, 0.05) is 12.2 Å². The highest BCUT2D eigenvalue weighted by Crippen LogP contribution is 2.23. The number of anilines is 1. The van der Waals surface area contributed by atoms with Crippen molar-refractivity contribution in [3.63, 3.8) is 0 Å². The minimum Gasteiger partial charge on any atom is -0.326 e. The monoisotopic (exact) mass is 328 g/mol. The number of nitrogens with zero attached hydrogens (tertiary/aromatic N) is 1. The number of piperidine rings is 1. The molecule has 2 amide bonds. The van der Waals surface area contributed by atoms with E-state index in [4.69, 9.17) is 0 Å². The van der Waals surface area contributed by atoms with Gasteiger partial charge < -0.3 is 10.2 Å². The van der Waals surface area contributed by atoms with E-state index < -0.39 is 0 Å². The third-order valence-electron chi connectivity index (χ3n) is 4.08. The van der Waals surface area contributed by atoms with E-state index in [1.807, 2.05) is 48.7 Å². The van der Waals surface area contributed by atoms with Gasteiger partial charge in [-0.05, 0) is 55.3 Å². The van der Waals surface area contributed by atoms with E-state index in [1.54, 1.807) is 4.90 Å². The summed E-state index contributed by atoms with van der Waals surface area (Å²) in [6.07, 6.45) is 2.64. The van der Waals surface area contributed by atoms with Gasteiger partial charge in [-0.25, -0.2) is 0 Å². The molecule has 1 saturated heterocycles. The first-order chi connectivity index (χ1) is 11.1. The normalized spacial score (nSPS) is 17.8. The number of hydrogen-bond acceptors (Lipinski definition) is 3. The van der Waals surface area contributed by atoms with Gasteiger partial charge in [0.2, 0.25) is 5.91 Å². The Bertz CT molecular complexity index is 697. The molecule has 1 aliphatic rings. The van der Waals surface area contributed by atoms with Crippen molar-refractivity contribution in [2.24, 2.45) is 0 Å². The van der Waals surface area contributed by atoms with Gasteiger partial charge in [-0.2, -0.15) is 0 Å². The molecule has 2 heterocycles. The first-order valence-electron chi connectivity index (χ1n) is 7.87. The van der Waals surface area contributed by atoms with Crippen LogP contribution in [0.25, 0.3) is 0 Å². The predicted octanol–water partition coefficient (Wildman–Crippen LogP) is 3.69. The van der Waals surface area contributed by atoms with Gasteiger partial charge >= 0.3 is 0 Å². The lowest BCUT2D eigenvalue weighted by Crippen LogP contribution is -2.49. The molecule has 4 nitrogen and oxygen atoms in total. The predicted molar refractivity (Wildman–Crippen MR) is 92.8 cm³/mol. The smallest absolute Gasteiger partial charge is 0.264 e. The average molecular weight is 328 g/mol. The van der Waals surface area contributed by atoms with Gasteiger partial charge in [0.1, 0.15) is 6.04 Å². The highest BCUT2D eigenvalue weighted by molar-refractivity contribution is 7.12. The van der Waals surface area contributed by atoms with E-state index in [0.29, 0.717) is 11.4 Å². The fraction of sp³-hybridized carbons (Fsp3) is 0.333. The second kappa shape index (κ2) is 6.96. The summed E-state index contributed by atoms with van der Waals surface area (Å²) in [5.41, 5.74) is 1.88. The molecule has 1 unspecified atom stereocenters. The molecule has 1 aromatic carbocycles. The second-order valence-corrected chi connectivity index (χ2v) is 6.79. The number of aryl methyl sites for hydroxylation is 1. The average Bonchev–Trinajstić information content (AvgIpc) is 3.08. The molecule has 0 bridgehead atoms. The van der Waals surface area contributed by atoms with Gasteiger partial charge in [0.25, 0.3) is 5.91 Å². The van der Waals surface area contributed by atoms with Crippen LogP contribution in [0.1, 0.15) is 34.5 Å². The van der Waals surface area contributed by atoms with E-state index in [1.165, 1.54) is 11.3 Å². The van der Waals surface area contributed by atoms with Gasteiger partial charge in [-0.15, -0.1) is 11.3 Å². The number of likely N-dealkylation sites (tertiary alicyclic amines) is 1. The van der Waals surface area contributed by atoms with Crippen LogP contribution in [-0.2, 0) is 4.79 Å². The number of carbonyl (C=O) groups excluding carboxylic acids is 2. The Kier molecular flexibility index (Phi) is 4.76. The number of thiophene rings is 1. The lowest BCUT2D eigenvalue weighted by Gasteiger charge is -2.34. The maximum Gasteiger partial charge on any atom is 0.264 e. The minimum atomic E-state index is -0.390. The van der Waals surface area contributed by atoms with E-state index in [0.717, 1.165) is 30.5 Å². The van der Waals surface area contributed by atoms with Crippen molar-refractivity contribution in [1.29, 1.82) is 0 Å². The van der Waals surface area contributed by atoms with Crippen molar-refractivity contribution in [1.82, 2.24) is 4.90 Å². The molecule has 1 aromatic heterocycles. The second-order valence-electron chi connectivity index (χ2n) is 5.85. The number of benzene rings is 1. The van der Waals surface area contributed by atoms with E-state index in [-0.39, 0.29) is 17.9 Å². The van der Waals surface area contributed by atoms with Gasteiger partial charge in [0.05, 0.1) is 4.88 Å². The quantitative estimate of drug-likeness (QED) is 0.934. The van der Waals surface area contributed by atoms with Crippen LogP contribution in [-0.4, -0.2) is 29.3 Å². The Labute approximate surface area is 140 Å². The molecule has 1 N–H and O–H groups in total. The third-order valence-corrected chi connectivity index (χ3v) is 4.94. The standard InChI is InChI=1S/C18H20N2O2S/c1-13-6-4-7-14(12-13)19-17(21)15-8-2-3-10-20(15)18(22)16-9-5-11-23-16/h4-7,9,11-12,15H,2-3,8,10H2,1H3,(H,19,21). The molecule has 120 valence electrons. The zero-order valence-electron chi connectivity index (χ0n) is 13.1. The maximum absolute atomic E-state index is 12.7. The first kappa shape index (κ1) is 15.7. The fourth-order valence-electron chi connectivity index (χ4n) is 2.94. The third kappa shape index (κ3) is 3.62. The molecular formula is C18H20N2O2S. The van der Waals surface area contributed by atoms with Gasteiger partial charge in [-0.1, -0.05) is 18.2 Å². The van der Waals surface area contributed by atoms with E-state index in [2.05, 4.69) is 5.32 Å².